The van der Waals surface area contributed by atoms with Crippen molar-refractivity contribution in [3.8, 4) is 5.75 Å². The number of hydrogen-bond acceptors (Lipinski definition) is 4. The average molecular weight is 421 g/mol. The fraction of sp³-hybridized carbons (Fsp3) is 0.385. The molecule has 164 valence electrons. The van der Waals surface area contributed by atoms with Gasteiger partial charge in [-0.3, -0.25) is 14.5 Å². The predicted octanol–water partition coefficient (Wildman–Crippen LogP) is 5.13. The molecule has 5 nitrogen and oxygen atoms in total. The van der Waals surface area contributed by atoms with Crippen LogP contribution in [0, 0.1) is 11.8 Å². The molecule has 0 spiro atoms. The number of ether oxygens (including phenoxy) is 1. The van der Waals surface area contributed by atoms with E-state index in [9.17, 15) is 9.59 Å². The first-order valence-corrected chi connectivity index (χ1v) is 11.0. The Hall–Kier alpha value is -3.08. The van der Waals surface area contributed by atoms with Crippen molar-refractivity contribution in [1.29, 1.82) is 0 Å². The first kappa shape index (κ1) is 22.6. The van der Waals surface area contributed by atoms with E-state index in [0.717, 1.165) is 17.9 Å². The standard InChI is InChI=1S/C26H32N2O3/c1-6-19-7-11-21(12-8-19)27-24-23(25(29)28(26(24)30)15-17(2)3)20-9-13-22(14-10-20)31-16-18(4)5/h7-14,17-18,27H,6,15-16H2,1-5H3. The molecule has 5 heteroatoms. The van der Waals surface area contributed by atoms with Crippen LogP contribution in [0.1, 0.15) is 45.7 Å². The van der Waals surface area contributed by atoms with Gasteiger partial charge < -0.3 is 10.1 Å². The third-order valence-corrected chi connectivity index (χ3v) is 5.07. The maximum atomic E-state index is 13.2. The minimum absolute atomic E-state index is 0.184. The largest absolute Gasteiger partial charge is 0.493 e. The normalized spacial score (nSPS) is 14.2. The second-order valence-corrected chi connectivity index (χ2v) is 8.77. The van der Waals surface area contributed by atoms with Crippen molar-refractivity contribution in [3.05, 3.63) is 65.4 Å². The van der Waals surface area contributed by atoms with Crippen molar-refractivity contribution in [2.24, 2.45) is 11.8 Å². The van der Waals surface area contributed by atoms with Gasteiger partial charge in [-0.25, -0.2) is 0 Å². The number of rotatable bonds is 9. The van der Waals surface area contributed by atoms with E-state index in [1.54, 1.807) is 0 Å². The maximum Gasteiger partial charge on any atom is 0.278 e. The number of nitrogens with zero attached hydrogens (tertiary/aromatic N) is 1. The molecule has 0 atom stereocenters. The van der Waals surface area contributed by atoms with Crippen LogP contribution in [0.2, 0.25) is 0 Å². The zero-order chi connectivity index (χ0) is 22.5. The Morgan fingerprint density at radius 3 is 2.06 bits per heavy atom. The van der Waals surface area contributed by atoms with Crippen molar-refractivity contribution < 1.29 is 14.3 Å². The smallest absolute Gasteiger partial charge is 0.278 e. The van der Waals surface area contributed by atoms with Crippen LogP contribution in [-0.2, 0) is 16.0 Å². The Balaban J connectivity index is 1.95. The van der Waals surface area contributed by atoms with E-state index in [-0.39, 0.29) is 17.7 Å². The highest BCUT2D eigenvalue weighted by molar-refractivity contribution is 6.36. The lowest BCUT2D eigenvalue weighted by Crippen LogP contribution is -2.35. The quantitative estimate of drug-likeness (QED) is 0.571. The van der Waals surface area contributed by atoms with Gasteiger partial charge >= 0.3 is 0 Å². The van der Waals surface area contributed by atoms with E-state index < -0.39 is 0 Å². The van der Waals surface area contributed by atoms with Gasteiger partial charge in [-0.05, 0) is 53.6 Å². The van der Waals surface area contributed by atoms with Crippen molar-refractivity contribution in [3.63, 3.8) is 0 Å². The summed E-state index contributed by atoms with van der Waals surface area (Å²) >= 11 is 0. The van der Waals surface area contributed by atoms with Crippen molar-refractivity contribution >= 4 is 23.1 Å². The van der Waals surface area contributed by atoms with Gasteiger partial charge in [-0.1, -0.05) is 58.9 Å². The SMILES string of the molecule is CCc1ccc(NC2=C(c3ccc(OCC(C)C)cc3)C(=O)N(CC(C)C)C2=O)cc1. The molecule has 2 aromatic carbocycles. The minimum atomic E-state index is -0.284. The lowest BCUT2D eigenvalue weighted by molar-refractivity contribution is -0.137. The number of imide groups is 1. The first-order valence-electron chi connectivity index (χ1n) is 11.0. The molecule has 31 heavy (non-hydrogen) atoms. The monoisotopic (exact) mass is 420 g/mol. The molecule has 2 amide bonds. The molecule has 0 aromatic heterocycles. The molecule has 2 aromatic rings. The average Bonchev–Trinajstić information content (AvgIpc) is 2.97. The zero-order valence-corrected chi connectivity index (χ0v) is 19.1. The van der Waals surface area contributed by atoms with E-state index in [0.29, 0.717) is 35.9 Å². The maximum absolute atomic E-state index is 13.2. The van der Waals surface area contributed by atoms with Gasteiger partial charge in [0.25, 0.3) is 11.8 Å². The molecule has 1 aliphatic rings. The van der Waals surface area contributed by atoms with Crippen molar-refractivity contribution in [2.45, 2.75) is 41.0 Å². The Bertz CT molecular complexity index is 957. The predicted molar refractivity (Wildman–Crippen MR) is 125 cm³/mol. The molecule has 3 rings (SSSR count). The number of aryl methyl sites for hydroxylation is 1. The summed E-state index contributed by atoms with van der Waals surface area (Å²) in [5.74, 6) is 0.814. The lowest BCUT2D eigenvalue weighted by atomic mass is 10.0. The highest BCUT2D eigenvalue weighted by Crippen LogP contribution is 2.32. The summed E-state index contributed by atoms with van der Waals surface area (Å²) in [6, 6.07) is 15.3. The summed E-state index contributed by atoms with van der Waals surface area (Å²) in [6.07, 6.45) is 0.943. The fourth-order valence-electron chi connectivity index (χ4n) is 3.44. The summed E-state index contributed by atoms with van der Waals surface area (Å²) < 4.78 is 5.76. The van der Waals surface area contributed by atoms with Gasteiger partial charge in [0.2, 0.25) is 0 Å². The highest BCUT2D eigenvalue weighted by atomic mass is 16.5. The topological polar surface area (TPSA) is 58.6 Å². The lowest BCUT2D eigenvalue weighted by Gasteiger charge is -2.17. The van der Waals surface area contributed by atoms with E-state index in [4.69, 9.17) is 4.74 Å². The Morgan fingerprint density at radius 2 is 1.52 bits per heavy atom. The summed E-state index contributed by atoms with van der Waals surface area (Å²) in [5.41, 5.74) is 3.43. The molecule has 0 aliphatic carbocycles. The van der Waals surface area contributed by atoms with Crippen LogP contribution in [0.25, 0.3) is 5.57 Å². The molecule has 0 bridgehead atoms. The van der Waals surface area contributed by atoms with Gasteiger partial charge in [0, 0.05) is 12.2 Å². The van der Waals surface area contributed by atoms with Crippen molar-refractivity contribution in [2.75, 3.05) is 18.5 Å². The molecule has 0 saturated heterocycles. The minimum Gasteiger partial charge on any atom is -0.493 e. The third kappa shape index (κ3) is 5.35. The van der Waals surface area contributed by atoms with Gasteiger partial charge in [-0.2, -0.15) is 0 Å². The van der Waals surface area contributed by atoms with Gasteiger partial charge in [0.05, 0.1) is 12.2 Å². The number of anilines is 1. The van der Waals surface area contributed by atoms with Crippen LogP contribution in [0.3, 0.4) is 0 Å². The number of benzene rings is 2. The molecular formula is C26H32N2O3. The highest BCUT2D eigenvalue weighted by Gasteiger charge is 2.39. The van der Waals surface area contributed by atoms with Crippen LogP contribution in [-0.4, -0.2) is 29.9 Å². The Labute approximate surface area is 185 Å². The van der Waals surface area contributed by atoms with E-state index in [1.807, 2.05) is 62.4 Å². The van der Waals surface area contributed by atoms with Crippen LogP contribution >= 0.6 is 0 Å². The molecule has 0 saturated carbocycles. The zero-order valence-electron chi connectivity index (χ0n) is 19.1. The molecule has 0 radical (unpaired) electrons. The number of amides is 2. The third-order valence-electron chi connectivity index (χ3n) is 5.07. The van der Waals surface area contributed by atoms with Crippen LogP contribution in [0.5, 0.6) is 5.75 Å². The van der Waals surface area contributed by atoms with Gasteiger partial charge in [0.15, 0.2) is 0 Å². The molecule has 0 unspecified atom stereocenters. The Morgan fingerprint density at radius 1 is 0.871 bits per heavy atom. The summed E-state index contributed by atoms with van der Waals surface area (Å²) in [7, 11) is 0. The van der Waals surface area contributed by atoms with Gasteiger partial charge in [0.1, 0.15) is 11.4 Å². The summed E-state index contributed by atoms with van der Waals surface area (Å²) in [5, 5.41) is 3.22. The summed E-state index contributed by atoms with van der Waals surface area (Å²) in [6.45, 7) is 11.3. The van der Waals surface area contributed by atoms with Gasteiger partial charge in [-0.15, -0.1) is 0 Å². The number of hydrogen-bond donors (Lipinski definition) is 1. The number of nitrogens with one attached hydrogen (secondary N) is 1. The second kappa shape index (κ2) is 9.82. The number of carbonyl (C=O) groups excluding carboxylic acids is 2. The van der Waals surface area contributed by atoms with Crippen molar-refractivity contribution in [1.82, 2.24) is 4.90 Å². The molecule has 1 N–H and O–H groups in total. The molecule has 1 aliphatic heterocycles. The second-order valence-electron chi connectivity index (χ2n) is 8.77. The summed E-state index contributed by atoms with van der Waals surface area (Å²) in [4.78, 5) is 27.7. The first-order chi connectivity index (χ1) is 14.8. The van der Waals surface area contributed by atoms with Crippen LogP contribution < -0.4 is 10.1 Å². The number of carbonyl (C=O) groups is 2. The van der Waals surface area contributed by atoms with Crippen LogP contribution in [0.4, 0.5) is 5.69 Å². The molecule has 1 heterocycles. The van der Waals surface area contributed by atoms with E-state index in [2.05, 4.69) is 26.1 Å². The molecular weight excluding hydrogens is 388 g/mol. The Kier molecular flexibility index (Phi) is 7.16. The van der Waals surface area contributed by atoms with E-state index >= 15 is 0 Å². The van der Waals surface area contributed by atoms with Crippen LogP contribution in [0.15, 0.2) is 54.2 Å². The molecule has 0 fully saturated rings. The fourth-order valence-corrected chi connectivity index (χ4v) is 3.44. The van der Waals surface area contributed by atoms with E-state index in [1.165, 1.54) is 10.5 Å².